The minimum absolute atomic E-state index is 0.00635. The Morgan fingerprint density at radius 3 is 2.44 bits per heavy atom. The number of benzene rings is 2. The quantitative estimate of drug-likeness (QED) is 0.206. The number of fused-ring (bicyclic) bond motifs is 2. The van der Waals surface area contributed by atoms with Crippen LogP contribution in [0.25, 0.3) is 0 Å². The summed E-state index contributed by atoms with van der Waals surface area (Å²) in [6, 6.07) is 13.6. The highest BCUT2D eigenvalue weighted by Crippen LogP contribution is 2.60. The molecule has 5 atom stereocenters. The Kier molecular flexibility index (Phi) is 10.8. The number of ether oxygens (including phenoxy) is 2. The molecule has 0 radical (unpaired) electrons. The Balaban J connectivity index is 1.80. The number of hydrogen-bond acceptors (Lipinski definition) is 6. The molecule has 0 aliphatic carbocycles. The Hall–Kier alpha value is -3.24. The Morgan fingerprint density at radius 2 is 1.84 bits per heavy atom. The third kappa shape index (κ3) is 6.82. The largest absolute Gasteiger partial charge is 0.497 e. The van der Waals surface area contributed by atoms with E-state index in [4.69, 9.17) is 9.47 Å². The molecule has 4 rings (SSSR count). The predicted molar refractivity (Wildman–Crippen MR) is 183 cm³/mol. The van der Waals surface area contributed by atoms with Crippen LogP contribution < -0.4 is 20.1 Å². The maximum Gasteiger partial charge on any atom is 0.264 e. The zero-order valence-corrected chi connectivity index (χ0v) is 29.0. The summed E-state index contributed by atoms with van der Waals surface area (Å²) < 4.78 is 12.4. The van der Waals surface area contributed by atoms with Crippen LogP contribution in [0, 0.1) is 5.92 Å². The summed E-state index contributed by atoms with van der Waals surface area (Å²) in [7, 11) is -0.659. The van der Waals surface area contributed by atoms with Gasteiger partial charge in [-0.2, -0.15) is 0 Å². The van der Waals surface area contributed by atoms with Crippen molar-refractivity contribution in [2.24, 2.45) is 5.92 Å². The van der Waals surface area contributed by atoms with Crippen molar-refractivity contribution in [1.29, 1.82) is 0 Å². The van der Waals surface area contributed by atoms with Crippen molar-refractivity contribution in [3.05, 3.63) is 71.3 Å². The molecule has 2 amide bonds. The maximum absolute atomic E-state index is 14.8. The number of nitrogens with one attached hydrogen (secondary N) is 1. The van der Waals surface area contributed by atoms with E-state index in [1.807, 2.05) is 24.3 Å². The molecule has 1 saturated heterocycles. The summed E-state index contributed by atoms with van der Waals surface area (Å²) in [6.45, 7) is 14.8. The van der Waals surface area contributed by atoms with E-state index < -0.39 is 25.7 Å². The highest BCUT2D eigenvalue weighted by atomic mass is 28.3. The van der Waals surface area contributed by atoms with E-state index in [0.717, 1.165) is 24.3 Å². The zero-order chi connectivity index (χ0) is 33.1. The fourth-order valence-electron chi connectivity index (χ4n) is 7.15. The lowest BCUT2D eigenvalue weighted by atomic mass is 9.82. The fourth-order valence-corrected chi connectivity index (χ4v) is 11.2. The van der Waals surface area contributed by atoms with Gasteiger partial charge in [-0.05, 0) is 82.8 Å². The van der Waals surface area contributed by atoms with Gasteiger partial charge >= 0.3 is 0 Å². The first-order valence-electron chi connectivity index (χ1n) is 16.0. The summed E-state index contributed by atoms with van der Waals surface area (Å²) >= 11 is 0. The third-order valence-electron chi connectivity index (χ3n) is 9.61. The lowest BCUT2D eigenvalue weighted by molar-refractivity contribution is -0.146. The van der Waals surface area contributed by atoms with E-state index in [-0.39, 0.29) is 30.1 Å². The van der Waals surface area contributed by atoms with E-state index >= 15 is 0 Å². The predicted octanol–water partition coefficient (Wildman–Crippen LogP) is 5.65. The van der Waals surface area contributed by atoms with Gasteiger partial charge < -0.3 is 29.9 Å². The average molecular weight is 635 g/mol. The molecule has 0 bridgehead atoms. The normalized spacial score (nSPS) is 23.7. The maximum atomic E-state index is 14.8. The second-order valence-corrected chi connectivity index (χ2v) is 18.0. The average Bonchev–Trinajstić information content (AvgIpc) is 3.42. The number of nitrogens with zero attached hydrogens (tertiary/aromatic N) is 1. The van der Waals surface area contributed by atoms with Gasteiger partial charge in [0.2, 0.25) is 0 Å². The summed E-state index contributed by atoms with van der Waals surface area (Å²) in [5.74, 6) is -0.0828. The van der Waals surface area contributed by atoms with E-state index in [9.17, 15) is 19.8 Å². The van der Waals surface area contributed by atoms with E-state index in [1.54, 1.807) is 18.1 Å². The fraction of sp³-hybridized carbons (Fsp3) is 0.500. The van der Waals surface area contributed by atoms with Gasteiger partial charge in [0.1, 0.15) is 11.9 Å². The summed E-state index contributed by atoms with van der Waals surface area (Å²) in [6.07, 6.45) is 5.07. The number of hydrogen-bond donors (Lipinski definition) is 3. The van der Waals surface area contributed by atoms with Crippen molar-refractivity contribution in [3.8, 4) is 5.75 Å². The summed E-state index contributed by atoms with van der Waals surface area (Å²) in [4.78, 5) is 29.0. The van der Waals surface area contributed by atoms with Crippen molar-refractivity contribution < 1.29 is 29.3 Å². The van der Waals surface area contributed by atoms with Crippen LogP contribution in [0.1, 0.15) is 59.4 Å². The first-order valence-corrected chi connectivity index (χ1v) is 19.0. The molecule has 3 N–H and O–H groups in total. The third-order valence-corrected chi connectivity index (χ3v) is 14.0. The van der Waals surface area contributed by atoms with Gasteiger partial charge in [0.15, 0.2) is 5.60 Å². The minimum atomic E-state index is -2.31. The van der Waals surface area contributed by atoms with E-state index in [0.29, 0.717) is 24.2 Å². The molecular formula is C36H50N2O6Si. The molecule has 0 unspecified atom stereocenters. The standard InChI is InChI=1S/C36H50N2O6Si/c1-23(2)10-9-11-24(3)18-20-38-31-17-12-27(37-34(41)26(5)40)22-30(31)36(35(38)42)25(4)33(32(44-36)19-21-39)45(7,8)29-15-13-28(43-6)14-16-29/h10,12-18,22,25-26,32-33,39-40H,9,11,19-21H2,1-8H3,(H,37,41)/b24-18+/t25-,26+,32+,33-,36+/m1/s1. The number of rotatable bonds is 12. The van der Waals surface area contributed by atoms with Gasteiger partial charge in [0, 0.05) is 30.3 Å². The van der Waals surface area contributed by atoms with Crippen molar-refractivity contribution in [2.45, 2.75) is 90.3 Å². The first-order chi connectivity index (χ1) is 21.3. The van der Waals surface area contributed by atoms with Crippen LogP contribution in [0.15, 0.2) is 65.8 Å². The molecule has 45 heavy (non-hydrogen) atoms. The Morgan fingerprint density at radius 1 is 1.16 bits per heavy atom. The van der Waals surface area contributed by atoms with Crippen LogP contribution in [-0.4, -0.2) is 62.6 Å². The highest BCUT2D eigenvalue weighted by molar-refractivity contribution is 6.91. The molecule has 244 valence electrons. The molecule has 9 heteroatoms. The van der Waals surface area contributed by atoms with Crippen LogP contribution in [0.3, 0.4) is 0 Å². The molecule has 2 aliphatic rings. The zero-order valence-electron chi connectivity index (χ0n) is 28.0. The molecule has 8 nitrogen and oxygen atoms in total. The van der Waals surface area contributed by atoms with Crippen molar-refractivity contribution in [3.63, 3.8) is 0 Å². The van der Waals surface area contributed by atoms with Gasteiger partial charge in [-0.1, -0.05) is 60.6 Å². The van der Waals surface area contributed by atoms with E-state index in [2.05, 4.69) is 70.4 Å². The minimum Gasteiger partial charge on any atom is -0.497 e. The van der Waals surface area contributed by atoms with Gasteiger partial charge in [0.05, 0.1) is 27.0 Å². The second kappa shape index (κ2) is 14.0. The molecule has 2 aromatic rings. The number of aliphatic hydroxyl groups is 2. The lowest BCUT2D eigenvalue weighted by Crippen LogP contribution is -2.51. The molecule has 0 saturated carbocycles. The molecular weight excluding hydrogens is 584 g/mol. The molecule has 1 fully saturated rings. The highest BCUT2D eigenvalue weighted by Gasteiger charge is 2.66. The molecule has 2 aliphatic heterocycles. The number of allylic oxidation sites excluding steroid dienone is 3. The van der Waals surface area contributed by atoms with E-state index in [1.165, 1.54) is 23.3 Å². The van der Waals surface area contributed by atoms with Crippen LogP contribution in [0.5, 0.6) is 5.75 Å². The number of aliphatic hydroxyl groups excluding tert-OH is 2. The smallest absolute Gasteiger partial charge is 0.264 e. The van der Waals surface area contributed by atoms with Crippen molar-refractivity contribution in [1.82, 2.24) is 0 Å². The molecule has 2 heterocycles. The molecule has 2 aromatic carbocycles. The van der Waals surface area contributed by atoms with Crippen LogP contribution in [0.2, 0.25) is 18.6 Å². The number of anilines is 2. The molecule has 0 aromatic heterocycles. The van der Waals surface area contributed by atoms with Crippen LogP contribution in [0.4, 0.5) is 11.4 Å². The Labute approximate surface area is 269 Å². The lowest BCUT2D eigenvalue weighted by Gasteiger charge is -2.37. The van der Waals surface area contributed by atoms with Gasteiger partial charge in [-0.25, -0.2) is 0 Å². The summed E-state index contributed by atoms with van der Waals surface area (Å²) in [5, 5.41) is 24.0. The topological polar surface area (TPSA) is 108 Å². The number of carbonyl (C=O) groups excluding carboxylic acids is 2. The van der Waals surface area contributed by atoms with Crippen LogP contribution in [-0.2, 0) is 19.9 Å². The van der Waals surface area contributed by atoms with Gasteiger partial charge in [-0.3, -0.25) is 9.59 Å². The second-order valence-electron chi connectivity index (χ2n) is 13.4. The number of carbonyl (C=O) groups is 2. The molecule has 1 spiro atoms. The van der Waals surface area contributed by atoms with Gasteiger partial charge in [0.25, 0.3) is 11.8 Å². The summed E-state index contributed by atoms with van der Waals surface area (Å²) in [5.41, 5.74) is 3.16. The van der Waals surface area contributed by atoms with Crippen molar-refractivity contribution in [2.75, 3.05) is 30.5 Å². The number of amides is 2. The van der Waals surface area contributed by atoms with Crippen molar-refractivity contribution >= 4 is 36.4 Å². The van der Waals surface area contributed by atoms with Crippen LogP contribution >= 0.6 is 0 Å². The first kappa shape index (κ1) is 34.6. The van der Waals surface area contributed by atoms with Gasteiger partial charge in [-0.15, -0.1) is 0 Å². The number of methoxy groups -OCH3 is 1. The Bertz CT molecular complexity index is 1450. The monoisotopic (exact) mass is 634 g/mol. The SMILES string of the molecule is COc1ccc([Si](C)(C)[C@H]2[C@H](CCO)O[C@@]3(C(=O)N(C/C=C(\C)CCC=C(C)C)c4ccc(NC(=O)[C@H](C)O)cc43)[C@@H]2C)cc1.